The monoisotopic (exact) mass is 299 g/mol. The molecule has 3 heteroatoms. The van der Waals surface area contributed by atoms with Crippen molar-refractivity contribution in [1.29, 1.82) is 0 Å². The second-order valence-corrected chi connectivity index (χ2v) is 8.05. The Bertz CT molecular complexity index is 292. The van der Waals surface area contributed by atoms with Crippen LogP contribution in [0.5, 0.6) is 0 Å². The fourth-order valence-corrected chi connectivity index (χ4v) is 3.53. The van der Waals surface area contributed by atoms with E-state index < -0.39 is 12.0 Å². The molecule has 1 atom stereocenters. The third kappa shape index (κ3) is 8.45. The molecule has 0 aromatic rings. The lowest BCUT2D eigenvalue weighted by atomic mass is 9.78. The number of nitrogens with zero attached hydrogens (tertiary/aromatic N) is 1. The fraction of sp³-hybridized carbons (Fsp3) is 0.944. The highest BCUT2D eigenvalue weighted by Crippen LogP contribution is 2.32. The van der Waals surface area contributed by atoms with E-state index in [1.54, 1.807) is 0 Å². The van der Waals surface area contributed by atoms with Crippen molar-refractivity contribution < 1.29 is 14.4 Å². The van der Waals surface area contributed by atoms with Crippen LogP contribution < -0.4 is 5.11 Å². The molecule has 0 saturated heterocycles. The van der Waals surface area contributed by atoms with Crippen molar-refractivity contribution in [3.63, 3.8) is 0 Å². The first-order valence-corrected chi connectivity index (χ1v) is 8.65. The number of hydrogen-bond donors (Lipinski definition) is 0. The van der Waals surface area contributed by atoms with Gasteiger partial charge < -0.3 is 14.4 Å². The summed E-state index contributed by atoms with van der Waals surface area (Å²) in [6, 6.07) is -0.456. The molecule has 0 radical (unpaired) electrons. The number of carbonyl (C=O) groups is 1. The summed E-state index contributed by atoms with van der Waals surface area (Å²) in [6.45, 7) is 6.37. The van der Waals surface area contributed by atoms with Crippen LogP contribution in [0.15, 0.2) is 0 Å². The molecule has 0 aliphatic heterocycles. The molecule has 0 amide bonds. The minimum absolute atomic E-state index is 0.223. The molecule has 0 saturated carbocycles. The first kappa shape index (κ1) is 20.4. The average Bonchev–Trinajstić information content (AvgIpc) is 2.29. The maximum Gasteiger partial charge on any atom is 0.134 e. The van der Waals surface area contributed by atoms with Crippen molar-refractivity contribution in [1.82, 2.24) is 0 Å². The van der Waals surface area contributed by atoms with E-state index in [-0.39, 0.29) is 5.41 Å². The summed E-state index contributed by atoms with van der Waals surface area (Å²) in [4.78, 5) is 11.5. The second-order valence-electron chi connectivity index (χ2n) is 8.05. The van der Waals surface area contributed by atoms with E-state index >= 15 is 0 Å². The average molecular weight is 299 g/mol. The summed E-state index contributed by atoms with van der Waals surface area (Å²) in [5.74, 6) is -0.924. The van der Waals surface area contributed by atoms with E-state index in [2.05, 4.69) is 20.8 Å². The molecule has 0 aromatic carbocycles. The SMILES string of the molecule is CCCCCCCCCCC(C)(C)C(C(=O)[O-])[N+](C)(C)C. The fourth-order valence-electron chi connectivity index (χ4n) is 3.53. The topological polar surface area (TPSA) is 40.1 Å². The number of carboxylic acid groups (broad SMARTS) is 1. The minimum Gasteiger partial charge on any atom is -0.544 e. The van der Waals surface area contributed by atoms with Gasteiger partial charge in [0.1, 0.15) is 6.04 Å². The lowest BCUT2D eigenvalue weighted by molar-refractivity contribution is -0.896. The molecule has 0 rings (SSSR count). The summed E-state index contributed by atoms with van der Waals surface area (Å²) in [5, 5.41) is 11.5. The molecule has 21 heavy (non-hydrogen) atoms. The zero-order chi connectivity index (χ0) is 16.5. The minimum atomic E-state index is -0.924. The molecule has 0 bridgehead atoms. The van der Waals surface area contributed by atoms with Crippen molar-refractivity contribution in [2.75, 3.05) is 21.1 Å². The van der Waals surface area contributed by atoms with Gasteiger partial charge in [-0.05, 0) is 6.42 Å². The maximum atomic E-state index is 11.5. The Labute approximate surface area is 132 Å². The second kappa shape index (κ2) is 9.45. The summed E-state index contributed by atoms with van der Waals surface area (Å²) in [7, 11) is 5.82. The molecule has 0 spiro atoms. The van der Waals surface area contributed by atoms with Crippen LogP contribution in [0.1, 0.15) is 78.6 Å². The van der Waals surface area contributed by atoms with Gasteiger partial charge >= 0.3 is 0 Å². The zero-order valence-electron chi connectivity index (χ0n) is 15.2. The largest absolute Gasteiger partial charge is 0.544 e. The first-order chi connectivity index (χ1) is 9.63. The van der Waals surface area contributed by atoms with Crippen molar-refractivity contribution in [3.05, 3.63) is 0 Å². The highest BCUT2D eigenvalue weighted by Gasteiger charge is 2.39. The predicted molar refractivity (Wildman–Crippen MR) is 87.8 cm³/mol. The molecule has 126 valence electrons. The number of likely N-dealkylation sites (N-methyl/N-ethyl adjacent to an activating group) is 1. The molecule has 0 fully saturated rings. The standard InChI is InChI=1S/C18H37NO2/c1-7-8-9-10-11-12-13-14-15-18(2,3)16(17(20)21)19(4,5)6/h16H,7-15H2,1-6H3. The Morgan fingerprint density at radius 3 is 1.76 bits per heavy atom. The first-order valence-electron chi connectivity index (χ1n) is 8.65. The molecule has 1 unspecified atom stereocenters. The van der Waals surface area contributed by atoms with Crippen molar-refractivity contribution in [3.8, 4) is 0 Å². The van der Waals surface area contributed by atoms with Crippen molar-refractivity contribution in [2.24, 2.45) is 5.41 Å². The summed E-state index contributed by atoms with van der Waals surface area (Å²) < 4.78 is 0.423. The third-order valence-corrected chi connectivity index (χ3v) is 4.41. The van der Waals surface area contributed by atoms with Gasteiger partial charge in [-0.3, -0.25) is 0 Å². The Morgan fingerprint density at radius 2 is 1.38 bits per heavy atom. The molecule has 3 nitrogen and oxygen atoms in total. The molecule has 0 aliphatic rings. The van der Waals surface area contributed by atoms with Gasteiger partial charge in [0.05, 0.1) is 27.1 Å². The third-order valence-electron chi connectivity index (χ3n) is 4.41. The number of carboxylic acids is 1. The normalized spacial score (nSPS) is 14.2. The Kier molecular flexibility index (Phi) is 9.19. The van der Waals surface area contributed by atoms with E-state index in [4.69, 9.17) is 0 Å². The number of quaternary nitrogens is 1. The number of hydrogen-bond acceptors (Lipinski definition) is 2. The van der Waals surface area contributed by atoms with Crippen molar-refractivity contribution >= 4 is 5.97 Å². The zero-order valence-corrected chi connectivity index (χ0v) is 15.2. The van der Waals surface area contributed by atoms with Crippen LogP contribution in [0.3, 0.4) is 0 Å². The van der Waals surface area contributed by atoms with Crippen LogP contribution in [0.4, 0.5) is 0 Å². The van der Waals surface area contributed by atoms with Gasteiger partial charge in [0.2, 0.25) is 0 Å². The highest BCUT2D eigenvalue weighted by atomic mass is 16.4. The van der Waals surface area contributed by atoms with E-state index in [1.807, 2.05) is 21.1 Å². The Balaban J connectivity index is 4.09. The van der Waals surface area contributed by atoms with Gasteiger partial charge in [0.25, 0.3) is 0 Å². The van der Waals surface area contributed by atoms with Gasteiger partial charge in [-0.25, -0.2) is 0 Å². The lowest BCUT2D eigenvalue weighted by Crippen LogP contribution is -2.61. The van der Waals surface area contributed by atoms with Gasteiger partial charge in [-0.15, -0.1) is 0 Å². The Morgan fingerprint density at radius 1 is 0.952 bits per heavy atom. The van der Waals surface area contributed by atoms with Crippen LogP contribution in [-0.4, -0.2) is 37.6 Å². The van der Waals surface area contributed by atoms with E-state index in [0.29, 0.717) is 4.48 Å². The molecule has 0 aromatic heterocycles. The lowest BCUT2D eigenvalue weighted by Gasteiger charge is -2.44. The summed E-state index contributed by atoms with van der Waals surface area (Å²) >= 11 is 0. The summed E-state index contributed by atoms with van der Waals surface area (Å²) in [6.07, 6.45) is 11.2. The van der Waals surface area contributed by atoms with E-state index in [9.17, 15) is 9.90 Å². The number of unbranched alkanes of at least 4 members (excludes halogenated alkanes) is 7. The molecular weight excluding hydrogens is 262 g/mol. The number of carbonyl (C=O) groups excluding carboxylic acids is 1. The number of rotatable bonds is 12. The maximum absolute atomic E-state index is 11.5. The van der Waals surface area contributed by atoms with Gasteiger partial charge in [-0.2, -0.15) is 0 Å². The predicted octanol–water partition coefficient (Wildman–Crippen LogP) is 3.37. The van der Waals surface area contributed by atoms with Crippen LogP contribution in [0, 0.1) is 5.41 Å². The smallest absolute Gasteiger partial charge is 0.134 e. The molecule has 0 heterocycles. The molecule has 0 aliphatic carbocycles. The van der Waals surface area contributed by atoms with Crippen LogP contribution >= 0.6 is 0 Å². The summed E-state index contributed by atoms with van der Waals surface area (Å²) in [5.41, 5.74) is -0.223. The van der Waals surface area contributed by atoms with Crippen LogP contribution in [0.25, 0.3) is 0 Å². The number of aliphatic carboxylic acids is 1. The van der Waals surface area contributed by atoms with Gasteiger partial charge in [0, 0.05) is 5.41 Å². The molecular formula is C18H37NO2. The molecule has 0 N–H and O–H groups in total. The van der Waals surface area contributed by atoms with E-state index in [0.717, 1.165) is 12.8 Å². The van der Waals surface area contributed by atoms with Gasteiger partial charge in [-0.1, -0.05) is 72.1 Å². The van der Waals surface area contributed by atoms with E-state index in [1.165, 1.54) is 44.9 Å². The van der Waals surface area contributed by atoms with Crippen LogP contribution in [-0.2, 0) is 4.79 Å². The quantitative estimate of drug-likeness (QED) is 0.409. The van der Waals surface area contributed by atoms with Crippen molar-refractivity contribution in [2.45, 2.75) is 84.6 Å². The Hall–Kier alpha value is -0.570. The van der Waals surface area contributed by atoms with Gasteiger partial charge in [0.15, 0.2) is 0 Å². The highest BCUT2D eigenvalue weighted by molar-refractivity contribution is 5.70. The van der Waals surface area contributed by atoms with Crippen LogP contribution in [0.2, 0.25) is 0 Å².